The average molecular weight is 350 g/mol. The van der Waals surface area contributed by atoms with Crippen molar-refractivity contribution in [3.05, 3.63) is 18.2 Å². The summed E-state index contributed by atoms with van der Waals surface area (Å²) >= 11 is 0. The Bertz CT molecular complexity index is 653. The molecule has 138 valence electrons. The number of methoxy groups -OCH3 is 1. The van der Waals surface area contributed by atoms with Crippen LogP contribution in [0.25, 0.3) is 0 Å². The van der Waals surface area contributed by atoms with Gasteiger partial charge in [-0.15, -0.1) is 0 Å². The van der Waals surface area contributed by atoms with E-state index in [1.54, 1.807) is 25.1 Å². The third-order valence-electron chi connectivity index (χ3n) is 3.01. The number of urea groups is 1. The molecule has 8 nitrogen and oxygen atoms in total. The van der Waals surface area contributed by atoms with Gasteiger partial charge in [0.2, 0.25) is 11.8 Å². The van der Waals surface area contributed by atoms with Gasteiger partial charge in [0.05, 0.1) is 12.8 Å². The maximum Gasteiger partial charge on any atom is 0.321 e. The molecule has 8 heteroatoms. The van der Waals surface area contributed by atoms with E-state index in [0.29, 0.717) is 17.1 Å². The van der Waals surface area contributed by atoms with Gasteiger partial charge in [-0.25, -0.2) is 4.79 Å². The topological polar surface area (TPSA) is 109 Å². The standard InChI is InChI=1S/C17H26N4O4/c1-10(15(23)20-16(24)21-17(3,4)5)18-12-7-8-13(19-11(2)22)14(9-12)25-6/h7-10,18H,1-6H3,(H,19,22)(H2,20,21,23,24). The Labute approximate surface area is 147 Å². The second-order valence-corrected chi connectivity index (χ2v) is 6.66. The zero-order valence-electron chi connectivity index (χ0n) is 15.4. The highest BCUT2D eigenvalue weighted by Gasteiger charge is 2.19. The Hall–Kier alpha value is -2.77. The van der Waals surface area contributed by atoms with Crippen LogP contribution in [-0.4, -0.2) is 36.5 Å². The van der Waals surface area contributed by atoms with Crippen molar-refractivity contribution in [2.45, 2.75) is 46.2 Å². The summed E-state index contributed by atoms with van der Waals surface area (Å²) in [6.45, 7) is 8.50. The van der Waals surface area contributed by atoms with Crippen molar-refractivity contribution in [2.75, 3.05) is 17.7 Å². The second-order valence-electron chi connectivity index (χ2n) is 6.66. The van der Waals surface area contributed by atoms with Gasteiger partial charge in [0.1, 0.15) is 11.8 Å². The third kappa shape index (κ3) is 7.11. The molecular formula is C17H26N4O4. The molecule has 0 aliphatic heterocycles. The van der Waals surface area contributed by atoms with E-state index in [1.807, 2.05) is 20.8 Å². The number of nitrogens with one attached hydrogen (secondary N) is 4. The summed E-state index contributed by atoms with van der Waals surface area (Å²) in [4.78, 5) is 35.0. The van der Waals surface area contributed by atoms with Crippen molar-refractivity contribution in [3.63, 3.8) is 0 Å². The maximum atomic E-state index is 12.1. The van der Waals surface area contributed by atoms with Crippen molar-refractivity contribution >= 4 is 29.2 Å². The summed E-state index contributed by atoms with van der Waals surface area (Å²) in [6.07, 6.45) is 0. The van der Waals surface area contributed by atoms with Crippen LogP contribution >= 0.6 is 0 Å². The molecular weight excluding hydrogens is 324 g/mol. The number of benzene rings is 1. The van der Waals surface area contributed by atoms with Crippen LogP contribution in [0, 0.1) is 0 Å². The van der Waals surface area contributed by atoms with Crippen LogP contribution < -0.4 is 26.0 Å². The lowest BCUT2D eigenvalue weighted by molar-refractivity contribution is -0.120. The number of hydrogen-bond acceptors (Lipinski definition) is 5. The molecule has 1 atom stereocenters. The number of hydrogen-bond donors (Lipinski definition) is 4. The highest BCUT2D eigenvalue weighted by atomic mass is 16.5. The lowest BCUT2D eigenvalue weighted by Crippen LogP contribution is -2.51. The van der Waals surface area contributed by atoms with E-state index in [9.17, 15) is 14.4 Å². The van der Waals surface area contributed by atoms with Gasteiger partial charge in [0, 0.05) is 24.2 Å². The van der Waals surface area contributed by atoms with E-state index in [4.69, 9.17) is 4.74 Å². The van der Waals surface area contributed by atoms with Crippen molar-refractivity contribution in [2.24, 2.45) is 0 Å². The van der Waals surface area contributed by atoms with Crippen LogP contribution in [0.5, 0.6) is 5.75 Å². The summed E-state index contributed by atoms with van der Waals surface area (Å²) in [5, 5.41) is 10.6. The van der Waals surface area contributed by atoms with Crippen LogP contribution in [0.2, 0.25) is 0 Å². The Morgan fingerprint density at radius 1 is 1.16 bits per heavy atom. The molecule has 0 fully saturated rings. The van der Waals surface area contributed by atoms with E-state index in [-0.39, 0.29) is 5.91 Å². The van der Waals surface area contributed by atoms with Crippen molar-refractivity contribution in [1.82, 2.24) is 10.6 Å². The molecule has 0 aliphatic rings. The van der Waals surface area contributed by atoms with E-state index in [2.05, 4.69) is 21.3 Å². The monoisotopic (exact) mass is 350 g/mol. The van der Waals surface area contributed by atoms with E-state index < -0.39 is 23.5 Å². The van der Waals surface area contributed by atoms with Crippen LogP contribution in [0.15, 0.2) is 18.2 Å². The first-order valence-corrected chi connectivity index (χ1v) is 7.87. The van der Waals surface area contributed by atoms with Gasteiger partial charge in [0.25, 0.3) is 0 Å². The molecule has 0 bridgehead atoms. The van der Waals surface area contributed by atoms with Crippen molar-refractivity contribution in [3.8, 4) is 5.75 Å². The number of rotatable bonds is 5. The molecule has 1 rings (SSSR count). The Morgan fingerprint density at radius 2 is 1.80 bits per heavy atom. The molecule has 4 N–H and O–H groups in total. The van der Waals surface area contributed by atoms with Crippen LogP contribution in [0.1, 0.15) is 34.6 Å². The number of carbonyl (C=O) groups excluding carboxylic acids is 3. The molecule has 1 unspecified atom stereocenters. The van der Waals surface area contributed by atoms with Gasteiger partial charge in [0.15, 0.2) is 0 Å². The smallest absolute Gasteiger partial charge is 0.321 e. The molecule has 0 saturated carbocycles. The Kier molecular flexibility index (Phi) is 6.78. The number of amides is 4. The zero-order chi connectivity index (χ0) is 19.2. The SMILES string of the molecule is COc1cc(NC(C)C(=O)NC(=O)NC(C)(C)C)ccc1NC(C)=O. The first kappa shape index (κ1) is 20.3. The molecule has 0 aromatic heterocycles. The van der Waals surface area contributed by atoms with Gasteiger partial charge in [-0.2, -0.15) is 0 Å². The molecule has 0 aliphatic carbocycles. The summed E-state index contributed by atoms with van der Waals surface area (Å²) in [5.74, 6) is -0.221. The minimum Gasteiger partial charge on any atom is -0.494 e. The zero-order valence-corrected chi connectivity index (χ0v) is 15.4. The lowest BCUT2D eigenvalue weighted by Gasteiger charge is -2.21. The van der Waals surface area contributed by atoms with Gasteiger partial charge < -0.3 is 20.7 Å². The average Bonchev–Trinajstić information content (AvgIpc) is 2.46. The lowest BCUT2D eigenvalue weighted by atomic mass is 10.1. The molecule has 0 spiro atoms. The minimum atomic E-state index is -0.651. The molecule has 4 amide bonds. The molecule has 25 heavy (non-hydrogen) atoms. The van der Waals surface area contributed by atoms with Gasteiger partial charge in [-0.3, -0.25) is 14.9 Å². The molecule has 1 aromatic rings. The summed E-state index contributed by atoms with van der Waals surface area (Å²) in [6, 6.07) is 3.82. The second kappa shape index (κ2) is 8.36. The number of imide groups is 1. The van der Waals surface area contributed by atoms with Gasteiger partial charge in [-0.1, -0.05) is 0 Å². The Balaban J connectivity index is 2.72. The van der Waals surface area contributed by atoms with Crippen LogP contribution in [0.3, 0.4) is 0 Å². The minimum absolute atomic E-state index is 0.211. The largest absolute Gasteiger partial charge is 0.494 e. The van der Waals surface area contributed by atoms with Crippen molar-refractivity contribution < 1.29 is 19.1 Å². The summed E-state index contributed by atoms with van der Waals surface area (Å²) < 4.78 is 5.23. The van der Waals surface area contributed by atoms with E-state index in [1.165, 1.54) is 14.0 Å². The summed E-state index contributed by atoms with van der Waals surface area (Å²) in [5.41, 5.74) is 0.709. The predicted octanol–water partition coefficient (Wildman–Crippen LogP) is 2.08. The first-order chi connectivity index (χ1) is 11.5. The third-order valence-corrected chi connectivity index (χ3v) is 3.01. The fourth-order valence-corrected chi connectivity index (χ4v) is 1.98. The normalized spacial score (nSPS) is 11.9. The van der Waals surface area contributed by atoms with Crippen LogP contribution in [-0.2, 0) is 9.59 Å². The number of carbonyl (C=O) groups is 3. The highest BCUT2D eigenvalue weighted by molar-refractivity contribution is 5.98. The van der Waals surface area contributed by atoms with E-state index >= 15 is 0 Å². The van der Waals surface area contributed by atoms with E-state index in [0.717, 1.165) is 0 Å². The fraction of sp³-hybridized carbons (Fsp3) is 0.471. The molecule has 1 aromatic carbocycles. The van der Waals surface area contributed by atoms with Crippen LogP contribution in [0.4, 0.5) is 16.2 Å². The number of anilines is 2. The maximum absolute atomic E-state index is 12.1. The van der Waals surface area contributed by atoms with Crippen molar-refractivity contribution in [1.29, 1.82) is 0 Å². The van der Waals surface area contributed by atoms with Gasteiger partial charge >= 0.3 is 6.03 Å². The summed E-state index contributed by atoms with van der Waals surface area (Å²) in [7, 11) is 1.48. The fourth-order valence-electron chi connectivity index (χ4n) is 1.98. The molecule has 0 radical (unpaired) electrons. The molecule has 0 saturated heterocycles. The Morgan fingerprint density at radius 3 is 2.32 bits per heavy atom. The highest BCUT2D eigenvalue weighted by Crippen LogP contribution is 2.28. The first-order valence-electron chi connectivity index (χ1n) is 7.87. The quantitative estimate of drug-likeness (QED) is 0.650. The number of ether oxygens (including phenoxy) is 1. The van der Waals surface area contributed by atoms with Gasteiger partial charge in [-0.05, 0) is 39.8 Å². The molecule has 0 heterocycles. The predicted molar refractivity (Wildman–Crippen MR) is 96.8 cm³/mol.